The molecule has 6 aromatic rings. The van der Waals surface area contributed by atoms with Crippen molar-refractivity contribution >= 4 is 34.1 Å². The lowest BCUT2D eigenvalue weighted by Gasteiger charge is -2.25. The van der Waals surface area contributed by atoms with Gasteiger partial charge >= 0.3 is 12.1 Å². The largest absolute Gasteiger partial charge is 0.506 e. The van der Waals surface area contributed by atoms with Crippen molar-refractivity contribution < 1.29 is 43.2 Å². The summed E-state index contributed by atoms with van der Waals surface area (Å²) in [5.41, 5.74) is -2.67. The van der Waals surface area contributed by atoms with Crippen LogP contribution in [0.1, 0.15) is 49.2 Å². The molecular weight excluding hydrogens is 712 g/mol. The lowest BCUT2D eigenvalue weighted by atomic mass is 9.85. The number of rotatable bonds is 12. The van der Waals surface area contributed by atoms with Crippen LogP contribution in [0.3, 0.4) is 0 Å². The molecule has 14 heteroatoms. The summed E-state index contributed by atoms with van der Waals surface area (Å²) in [6.07, 6.45) is -5.97. The molecular formula is C39H32F3N3O7S. The highest BCUT2D eigenvalue weighted by Gasteiger charge is 2.40. The van der Waals surface area contributed by atoms with Gasteiger partial charge < -0.3 is 36.0 Å². The summed E-state index contributed by atoms with van der Waals surface area (Å²) in [5.74, 6) is -2.36. The molecule has 4 aromatic carbocycles. The molecule has 0 saturated carbocycles. The number of aliphatic carboxylic acids is 1. The quantitative estimate of drug-likeness (QED) is 0.0794. The van der Waals surface area contributed by atoms with Crippen LogP contribution in [0, 0.1) is 0 Å². The van der Waals surface area contributed by atoms with Gasteiger partial charge in [-0.15, -0.1) is 11.3 Å². The average Bonchev–Trinajstić information content (AvgIpc) is 3.63. The van der Waals surface area contributed by atoms with Crippen LogP contribution in [0.4, 0.5) is 13.2 Å². The molecule has 2 unspecified atom stereocenters. The molecule has 7 N–H and O–H groups in total. The first-order valence-electron chi connectivity index (χ1n) is 16.2. The molecule has 272 valence electrons. The van der Waals surface area contributed by atoms with E-state index in [9.17, 15) is 48.0 Å². The highest BCUT2D eigenvalue weighted by atomic mass is 32.1. The van der Waals surface area contributed by atoms with Gasteiger partial charge in [0.1, 0.15) is 5.75 Å². The molecule has 0 aliphatic carbocycles. The number of carbonyl (C=O) groups excluding carboxylic acids is 1. The van der Waals surface area contributed by atoms with Crippen molar-refractivity contribution in [3.63, 3.8) is 0 Å². The van der Waals surface area contributed by atoms with Gasteiger partial charge in [0.15, 0.2) is 0 Å². The minimum Gasteiger partial charge on any atom is -0.506 e. The van der Waals surface area contributed by atoms with Gasteiger partial charge in [-0.3, -0.25) is 9.59 Å². The molecule has 0 saturated heterocycles. The summed E-state index contributed by atoms with van der Waals surface area (Å²) < 4.78 is 42.4. The number of aliphatic hydroxyl groups excluding tert-OH is 1. The number of H-pyrrole nitrogens is 1. The fraction of sp³-hybridized carbons (Fsp3) is 0.154. The zero-order valence-electron chi connectivity index (χ0n) is 27.6. The lowest BCUT2D eigenvalue weighted by Crippen LogP contribution is -2.36. The van der Waals surface area contributed by atoms with Crippen LogP contribution < -0.4 is 16.2 Å². The molecule has 0 radical (unpaired) electrons. The number of amides is 1. The zero-order valence-corrected chi connectivity index (χ0v) is 28.5. The van der Waals surface area contributed by atoms with Crippen molar-refractivity contribution in [1.82, 2.24) is 15.6 Å². The number of halogens is 3. The van der Waals surface area contributed by atoms with Crippen LogP contribution in [0.5, 0.6) is 5.75 Å². The van der Waals surface area contributed by atoms with E-state index in [2.05, 4.69) is 15.6 Å². The van der Waals surface area contributed by atoms with Crippen LogP contribution in [-0.4, -0.2) is 43.8 Å². The predicted molar refractivity (Wildman–Crippen MR) is 192 cm³/mol. The van der Waals surface area contributed by atoms with Crippen LogP contribution in [-0.2, 0) is 29.7 Å². The van der Waals surface area contributed by atoms with Crippen LogP contribution >= 0.6 is 11.3 Å². The smallest absolute Gasteiger partial charge is 0.416 e. The molecule has 53 heavy (non-hydrogen) atoms. The molecule has 0 aliphatic heterocycles. The Kier molecular flexibility index (Phi) is 10.5. The van der Waals surface area contributed by atoms with E-state index in [1.807, 2.05) is 0 Å². The third-order valence-corrected chi connectivity index (χ3v) is 9.88. The summed E-state index contributed by atoms with van der Waals surface area (Å²) in [6.45, 7) is -0.428. The van der Waals surface area contributed by atoms with Crippen molar-refractivity contribution in [3.8, 4) is 16.2 Å². The van der Waals surface area contributed by atoms with Gasteiger partial charge in [0.05, 0.1) is 23.7 Å². The fourth-order valence-electron chi connectivity index (χ4n) is 6.03. The Bertz CT molecular complexity index is 2360. The highest BCUT2D eigenvalue weighted by Crippen LogP contribution is 2.36. The van der Waals surface area contributed by atoms with E-state index in [0.717, 1.165) is 6.07 Å². The summed E-state index contributed by atoms with van der Waals surface area (Å²) in [7, 11) is 0. The second-order valence-electron chi connectivity index (χ2n) is 12.2. The SMILES string of the molecule is O=C(NCc1ccc(-c2cccc(C(O)(C(=O)O)c3ccccc3)c2)s1)c1ccc(CNCC(O)c2ccc(O)c3[nH]c(=O)ccc23)c(C(F)(F)F)c1. The number of aromatic amines is 1. The number of hydrogen-bond acceptors (Lipinski definition) is 8. The fourth-order valence-corrected chi connectivity index (χ4v) is 6.97. The molecule has 0 aliphatic rings. The third kappa shape index (κ3) is 7.85. The van der Waals surface area contributed by atoms with E-state index >= 15 is 0 Å². The number of aliphatic hydroxyl groups is 2. The topological polar surface area (TPSA) is 172 Å². The number of carboxylic acid groups (broad SMARTS) is 1. The first-order valence-corrected chi connectivity index (χ1v) is 17.0. The molecule has 2 atom stereocenters. The summed E-state index contributed by atoms with van der Waals surface area (Å²) in [5, 5.41) is 47.9. The lowest BCUT2D eigenvalue weighted by molar-refractivity contribution is -0.155. The molecule has 0 bridgehead atoms. The number of benzene rings is 4. The van der Waals surface area contributed by atoms with Gasteiger partial charge in [-0.05, 0) is 64.7 Å². The van der Waals surface area contributed by atoms with Crippen molar-refractivity contribution in [2.24, 2.45) is 0 Å². The molecule has 2 aromatic heterocycles. The number of thiophene rings is 1. The number of phenolic OH excluding ortho intramolecular Hbond substituents is 1. The number of carboxylic acids is 1. The second-order valence-corrected chi connectivity index (χ2v) is 13.4. The third-order valence-electron chi connectivity index (χ3n) is 8.75. The maximum Gasteiger partial charge on any atom is 0.416 e. The van der Waals surface area contributed by atoms with E-state index in [1.165, 1.54) is 65.9 Å². The van der Waals surface area contributed by atoms with Gasteiger partial charge in [-0.25, -0.2) is 4.79 Å². The Morgan fingerprint density at radius 2 is 1.60 bits per heavy atom. The number of pyridine rings is 1. The van der Waals surface area contributed by atoms with E-state index in [0.29, 0.717) is 26.3 Å². The van der Waals surface area contributed by atoms with Crippen LogP contribution in [0.15, 0.2) is 114 Å². The van der Waals surface area contributed by atoms with E-state index in [4.69, 9.17) is 0 Å². The Balaban J connectivity index is 1.11. The monoisotopic (exact) mass is 743 g/mol. The highest BCUT2D eigenvalue weighted by molar-refractivity contribution is 7.15. The number of aromatic nitrogens is 1. The number of alkyl halides is 3. The molecule has 6 rings (SSSR count). The van der Waals surface area contributed by atoms with Gasteiger partial charge in [-0.2, -0.15) is 13.2 Å². The Morgan fingerprint density at radius 1 is 0.849 bits per heavy atom. The molecule has 0 spiro atoms. The molecule has 1 amide bonds. The normalized spacial score (nSPS) is 13.4. The van der Waals surface area contributed by atoms with Crippen molar-refractivity contribution in [2.45, 2.75) is 31.0 Å². The minimum absolute atomic E-state index is 0.00858. The molecule has 10 nitrogen and oxygen atoms in total. The first kappa shape index (κ1) is 37.0. The average molecular weight is 744 g/mol. The van der Waals surface area contributed by atoms with Gasteiger partial charge in [0, 0.05) is 45.4 Å². The standard InChI is InChI=1S/C39H32F3N3O7S/c40-39(41,42)30-18-23(9-10-24(30)19-43-21-32(47)28-12-14-31(46)35-29(28)13-16-34(48)45-35)36(49)44-20-27-11-15-33(53-27)22-5-4-8-26(17-22)38(52,37(50)51)25-6-2-1-3-7-25/h1-18,32,43,46-47,52H,19-21H2,(H,44,49)(H,45,48)(H,50,51). The summed E-state index contributed by atoms with van der Waals surface area (Å²) in [6, 6.07) is 26.7. The summed E-state index contributed by atoms with van der Waals surface area (Å²) >= 11 is 1.29. The Morgan fingerprint density at radius 3 is 2.34 bits per heavy atom. The van der Waals surface area contributed by atoms with E-state index in [1.54, 1.807) is 48.5 Å². The summed E-state index contributed by atoms with van der Waals surface area (Å²) in [4.78, 5) is 40.8. The number of carbonyl (C=O) groups is 2. The van der Waals surface area contributed by atoms with Crippen LogP contribution in [0.25, 0.3) is 21.3 Å². The predicted octanol–water partition coefficient (Wildman–Crippen LogP) is 6.05. The number of nitrogens with one attached hydrogen (secondary N) is 3. The van der Waals surface area contributed by atoms with E-state index < -0.39 is 40.9 Å². The maximum absolute atomic E-state index is 14.1. The first-order chi connectivity index (χ1) is 25.3. The number of phenols is 1. The van der Waals surface area contributed by atoms with Gasteiger partial charge in [0.2, 0.25) is 11.2 Å². The second kappa shape index (κ2) is 15.0. The van der Waals surface area contributed by atoms with Crippen LogP contribution in [0.2, 0.25) is 0 Å². The van der Waals surface area contributed by atoms with Crippen molar-refractivity contribution in [1.29, 1.82) is 0 Å². The van der Waals surface area contributed by atoms with Gasteiger partial charge in [-0.1, -0.05) is 60.7 Å². The number of hydrogen-bond donors (Lipinski definition) is 7. The Labute approximate surface area is 303 Å². The minimum atomic E-state index is -4.78. The van der Waals surface area contributed by atoms with Crippen molar-refractivity contribution in [3.05, 3.63) is 158 Å². The number of aromatic hydroxyl groups is 1. The molecule has 2 heterocycles. The van der Waals surface area contributed by atoms with E-state index in [-0.39, 0.29) is 53.2 Å². The number of fused-ring (bicyclic) bond motifs is 1. The Hall–Kier alpha value is -5.80. The zero-order chi connectivity index (χ0) is 37.9. The van der Waals surface area contributed by atoms with Gasteiger partial charge in [0.25, 0.3) is 5.91 Å². The molecule has 0 fully saturated rings. The maximum atomic E-state index is 14.1. The van der Waals surface area contributed by atoms with Crippen molar-refractivity contribution in [2.75, 3.05) is 6.54 Å².